The molecule has 2 aliphatic heterocycles. The van der Waals surface area contributed by atoms with Gasteiger partial charge >= 0.3 is 0 Å². The van der Waals surface area contributed by atoms with E-state index in [0.717, 1.165) is 38.0 Å². The second kappa shape index (κ2) is 6.74. The predicted molar refractivity (Wildman–Crippen MR) is 86.9 cm³/mol. The van der Waals surface area contributed by atoms with Gasteiger partial charge in [0.1, 0.15) is 5.82 Å². The van der Waals surface area contributed by atoms with Crippen molar-refractivity contribution >= 4 is 16.0 Å². The van der Waals surface area contributed by atoms with E-state index >= 15 is 0 Å². The second-order valence-corrected chi connectivity index (χ2v) is 8.33. The van der Waals surface area contributed by atoms with Crippen LogP contribution in [0.2, 0.25) is 0 Å². The quantitative estimate of drug-likeness (QED) is 0.790. The van der Waals surface area contributed by atoms with E-state index < -0.39 is 10.0 Å². The van der Waals surface area contributed by atoms with Crippen LogP contribution in [0.5, 0.6) is 0 Å². The molecule has 2 atom stereocenters. The van der Waals surface area contributed by atoms with Gasteiger partial charge in [0.25, 0.3) is 0 Å². The molecule has 130 valence electrons. The Balaban J connectivity index is 1.73. The van der Waals surface area contributed by atoms with Gasteiger partial charge in [-0.3, -0.25) is 4.57 Å². The van der Waals surface area contributed by atoms with Crippen LogP contribution < -0.4 is 9.62 Å². The molecule has 0 saturated carbocycles. The summed E-state index contributed by atoms with van der Waals surface area (Å²) in [6.45, 7) is 7.74. The average Bonchev–Trinajstić information content (AvgIpc) is 3.22. The minimum absolute atomic E-state index is 0.386. The summed E-state index contributed by atoms with van der Waals surface area (Å²) in [7, 11) is -3.25. The Labute approximate surface area is 137 Å². The summed E-state index contributed by atoms with van der Waals surface area (Å²) in [6.07, 6.45) is 1.67. The summed E-state index contributed by atoms with van der Waals surface area (Å²) in [6, 6.07) is 0. The first kappa shape index (κ1) is 16.7. The molecule has 1 aromatic rings. The maximum absolute atomic E-state index is 12.2. The highest BCUT2D eigenvalue weighted by atomic mass is 32.2. The van der Waals surface area contributed by atoms with Gasteiger partial charge in [-0.05, 0) is 19.8 Å². The largest absolute Gasteiger partial charge is 0.381 e. The van der Waals surface area contributed by atoms with Gasteiger partial charge in [0.2, 0.25) is 16.0 Å². The molecule has 9 heteroatoms. The maximum atomic E-state index is 12.2. The molecule has 1 aromatic heterocycles. The molecule has 2 aliphatic rings. The van der Waals surface area contributed by atoms with Crippen LogP contribution in [0, 0.1) is 12.8 Å². The summed E-state index contributed by atoms with van der Waals surface area (Å²) in [5.74, 6) is 2.13. The first-order chi connectivity index (χ1) is 11.0. The molecule has 2 unspecified atom stereocenters. The Kier molecular flexibility index (Phi) is 4.88. The standard InChI is InChI=1S/C14H25N5O3S/c1-3-15-23(20,21)13-4-6-18(9-13)14-17-16-11(2)19(14)8-12-5-7-22-10-12/h12-13,15H,3-10H2,1-2H3. The van der Waals surface area contributed by atoms with Gasteiger partial charge in [0, 0.05) is 38.7 Å². The van der Waals surface area contributed by atoms with E-state index in [1.165, 1.54) is 0 Å². The van der Waals surface area contributed by atoms with Crippen molar-refractivity contribution in [2.75, 3.05) is 37.7 Å². The highest BCUT2D eigenvalue weighted by molar-refractivity contribution is 7.90. The van der Waals surface area contributed by atoms with E-state index in [2.05, 4.69) is 19.5 Å². The maximum Gasteiger partial charge on any atom is 0.227 e. The van der Waals surface area contributed by atoms with Crippen LogP contribution in [0.3, 0.4) is 0 Å². The predicted octanol–water partition coefficient (Wildman–Crippen LogP) is 0.141. The fourth-order valence-electron chi connectivity index (χ4n) is 3.29. The first-order valence-corrected chi connectivity index (χ1v) is 9.77. The van der Waals surface area contributed by atoms with E-state index in [1.54, 1.807) is 6.92 Å². The molecule has 1 N–H and O–H groups in total. The number of nitrogens with zero attached hydrogens (tertiary/aromatic N) is 4. The highest BCUT2D eigenvalue weighted by Crippen LogP contribution is 2.25. The van der Waals surface area contributed by atoms with Crippen molar-refractivity contribution in [2.45, 2.75) is 38.5 Å². The lowest BCUT2D eigenvalue weighted by Gasteiger charge is -2.20. The zero-order valence-electron chi connectivity index (χ0n) is 13.7. The SMILES string of the molecule is CCNS(=O)(=O)C1CCN(c2nnc(C)n2CC2CCOC2)C1. The van der Waals surface area contributed by atoms with Crippen LogP contribution >= 0.6 is 0 Å². The van der Waals surface area contributed by atoms with Gasteiger partial charge in [0.15, 0.2) is 0 Å². The van der Waals surface area contributed by atoms with E-state index in [0.29, 0.717) is 32.0 Å². The number of rotatable bonds is 6. The van der Waals surface area contributed by atoms with Gasteiger partial charge < -0.3 is 9.64 Å². The average molecular weight is 343 g/mol. The third kappa shape index (κ3) is 3.51. The summed E-state index contributed by atoms with van der Waals surface area (Å²) in [5.41, 5.74) is 0. The lowest BCUT2D eigenvalue weighted by Crippen LogP contribution is -2.36. The Morgan fingerprint density at radius 2 is 2.17 bits per heavy atom. The van der Waals surface area contributed by atoms with E-state index in [9.17, 15) is 8.42 Å². The lowest BCUT2D eigenvalue weighted by atomic mass is 10.1. The number of anilines is 1. The Bertz CT molecular complexity index is 639. The first-order valence-electron chi connectivity index (χ1n) is 8.22. The molecule has 3 rings (SSSR count). The topological polar surface area (TPSA) is 89.4 Å². The number of aromatic nitrogens is 3. The zero-order valence-corrected chi connectivity index (χ0v) is 14.5. The van der Waals surface area contributed by atoms with Crippen molar-refractivity contribution < 1.29 is 13.2 Å². The molecule has 2 fully saturated rings. The minimum atomic E-state index is -3.25. The normalized spacial score (nSPS) is 25.4. The summed E-state index contributed by atoms with van der Waals surface area (Å²) in [5, 5.41) is 8.09. The molecule has 0 bridgehead atoms. The molecule has 0 aromatic carbocycles. The van der Waals surface area contributed by atoms with Crippen molar-refractivity contribution in [3.8, 4) is 0 Å². The fourth-order valence-corrected chi connectivity index (χ4v) is 4.72. The summed E-state index contributed by atoms with van der Waals surface area (Å²) in [4.78, 5) is 2.04. The highest BCUT2D eigenvalue weighted by Gasteiger charge is 2.35. The van der Waals surface area contributed by atoms with Crippen molar-refractivity contribution in [1.29, 1.82) is 0 Å². The van der Waals surface area contributed by atoms with Crippen molar-refractivity contribution in [2.24, 2.45) is 5.92 Å². The minimum Gasteiger partial charge on any atom is -0.381 e. The van der Waals surface area contributed by atoms with E-state index in [4.69, 9.17) is 4.74 Å². The van der Waals surface area contributed by atoms with Crippen molar-refractivity contribution in [3.05, 3.63) is 5.82 Å². The Hall–Kier alpha value is -1.19. The monoisotopic (exact) mass is 343 g/mol. The number of ether oxygens (including phenoxy) is 1. The second-order valence-electron chi connectivity index (χ2n) is 6.29. The molecule has 23 heavy (non-hydrogen) atoms. The van der Waals surface area contributed by atoms with Gasteiger partial charge in [-0.25, -0.2) is 13.1 Å². The Morgan fingerprint density at radius 3 is 2.87 bits per heavy atom. The molecule has 2 saturated heterocycles. The smallest absolute Gasteiger partial charge is 0.227 e. The Morgan fingerprint density at radius 1 is 1.35 bits per heavy atom. The van der Waals surface area contributed by atoms with E-state index in [-0.39, 0.29) is 5.25 Å². The number of hydrogen-bond acceptors (Lipinski definition) is 6. The van der Waals surface area contributed by atoms with Crippen LogP contribution in [-0.2, 0) is 21.3 Å². The van der Waals surface area contributed by atoms with Crippen LogP contribution in [-0.4, -0.2) is 61.3 Å². The fraction of sp³-hybridized carbons (Fsp3) is 0.857. The molecule has 0 amide bonds. The molecule has 8 nitrogen and oxygen atoms in total. The van der Waals surface area contributed by atoms with Gasteiger partial charge in [-0.2, -0.15) is 0 Å². The molecule has 0 spiro atoms. The summed E-state index contributed by atoms with van der Waals surface area (Å²) < 4.78 is 34.5. The number of hydrogen-bond donors (Lipinski definition) is 1. The zero-order chi connectivity index (χ0) is 16.4. The third-order valence-corrected chi connectivity index (χ3v) is 6.55. The molecule has 0 radical (unpaired) electrons. The lowest BCUT2D eigenvalue weighted by molar-refractivity contribution is 0.182. The molecule has 0 aliphatic carbocycles. The third-order valence-electron chi connectivity index (χ3n) is 4.59. The molecule has 3 heterocycles. The van der Waals surface area contributed by atoms with Crippen molar-refractivity contribution in [1.82, 2.24) is 19.5 Å². The van der Waals surface area contributed by atoms with Crippen LogP contribution in [0.1, 0.15) is 25.6 Å². The van der Waals surface area contributed by atoms with Crippen LogP contribution in [0.15, 0.2) is 0 Å². The van der Waals surface area contributed by atoms with Crippen LogP contribution in [0.25, 0.3) is 0 Å². The number of aryl methyl sites for hydroxylation is 1. The molecular formula is C14H25N5O3S. The number of sulfonamides is 1. The number of nitrogens with one attached hydrogen (secondary N) is 1. The van der Waals surface area contributed by atoms with Gasteiger partial charge in [-0.1, -0.05) is 6.92 Å². The summed E-state index contributed by atoms with van der Waals surface area (Å²) >= 11 is 0. The van der Waals surface area contributed by atoms with Gasteiger partial charge in [0.05, 0.1) is 11.9 Å². The van der Waals surface area contributed by atoms with Gasteiger partial charge in [-0.15, -0.1) is 10.2 Å². The molecular weight excluding hydrogens is 318 g/mol. The van der Waals surface area contributed by atoms with Crippen molar-refractivity contribution in [3.63, 3.8) is 0 Å². The van der Waals surface area contributed by atoms with E-state index in [1.807, 2.05) is 11.8 Å². The van der Waals surface area contributed by atoms with Crippen LogP contribution in [0.4, 0.5) is 5.95 Å².